The van der Waals surface area contributed by atoms with Gasteiger partial charge in [-0.3, -0.25) is 10.1 Å². The lowest BCUT2D eigenvalue weighted by Gasteiger charge is -2.01. The minimum Gasteiger partial charge on any atom is -0.339 e. The Hall–Kier alpha value is -1.41. The van der Waals surface area contributed by atoms with Gasteiger partial charge in [0.15, 0.2) is 5.82 Å². The molecule has 0 saturated heterocycles. The van der Waals surface area contributed by atoms with Crippen molar-refractivity contribution >= 4 is 33.4 Å². The zero-order valence-corrected chi connectivity index (χ0v) is 13.1. The molecule has 0 unspecified atom stereocenters. The molecule has 1 aromatic heterocycles. The number of rotatable bonds is 6. The fourth-order valence-corrected chi connectivity index (χ4v) is 2.76. The van der Waals surface area contributed by atoms with Crippen LogP contribution in [0, 0.1) is 10.1 Å². The highest BCUT2D eigenvalue weighted by Crippen LogP contribution is 2.33. The molecule has 106 valence electrons. The molecule has 0 aliphatic rings. The molecule has 1 aromatic carbocycles. The maximum atomic E-state index is 11.0. The first-order valence-electron chi connectivity index (χ1n) is 5.98. The molecule has 2 rings (SSSR count). The van der Waals surface area contributed by atoms with E-state index in [2.05, 4.69) is 26.1 Å². The molecule has 6 nitrogen and oxygen atoms in total. The van der Waals surface area contributed by atoms with Gasteiger partial charge in [-0.15, -0.1) is 11.8 Å². The number of nitro groups is 1. The first-order chi connectivity index (χ1) is 9.60. The standard InChI is InChI=1S/C12H12BrN3O3S/c1-2-3-12-14-11(15-19-12)7-20-10-5-4-8(13)6-9(10)16(17)18/h4-6H,2-3,7H2,1H3. The highest BCUT2D eigenvalue weighted by atomic mass is 79.9. The van der Waals surface area contributed by atoms with E-state index < -0.39 is 4.92 Å². The van der Waals surface area contributed by atoms with Crippen molar-refractivity contribution in [1.29, 1.82) is 0 Å². The number of nitrogens with zero attached hydrogens (tertiary/aromatic N) is 3. The lowest BCUT2D eigenvalue weighted by molar-refractivity contribution is -0.387. The van der Waals surface area contributed by atoms with E-state index in [4.69, 9.17) is 4.52 Å². The van der Waals surface area contributed by atoms with Crippen LogP contribution in [0.15, 0.2) is 32.1 Å². The summed E-state index contributed by atoms with van der Waals surface area (Å²) >= 11 is 4.55. The Morgan fingerprint density at radius 1 is 1.50 bits per heavy atom. The number of halogens is 1. The maximum Gasteiger partial charge on any atom is 0.284 e. The summed E-state index contributed by atoms with van der Waals surface area (Å²) in [6.45, 7) is 2.03. The van der Waals surface area contributed by atoms with Crippen molar-refractivity contribution in [3.63, 3.8) is 0 Å². The number of benzene rings is 1. The third-order valence-electron chi connectivity index (χ3n) is 2.45. The first-order valence-corrected chi connectivity index (χ1v) is 7.76. The van der Waals surface area contributed by atoms with Crippen LogP contribution in [0.2, 0.25) is 0 Å². The van der Waals surface area contributed by atoms with Crippen LogP contribution in [0.25, 0.3) is 0 Å². The molecule has 2 aromatic rings. The normalized spacial score (nSPS) is 10.7. The van der Waals surface area contributed by atoms with Crippen molar-refractivity contribution in [2.75, 3.05) is 0 Å². The summed E-state index contributed by atoms with van der Waals surface area (Å²) in [6, 6.07) is 4.97. The second kappa shape index (κ2) is 6.85. The molecule has 0 aliphatic heterocycles. The summed E-state index contributed by atoms with van der Waals surface area (Å²) in [5.41, 5.74) is 0.0710. The molecule has 0 spiro atoms. The smallest absolute Gasteiger partial charge is 0.284 e. The molecule has 1 heterocycles. The third-order valence-corrected chi connectivity index (χ3v) is 4.00. The van der Waals surface area contributed by atoms with Crippen LogP contribution in [-0.2, 0) is 12.2 Å². The van der Waals surface area contributed by atoms with Gasteiger partial charge in [0.05, 0.1) is 15.6 Å². The maximum absolute atomic E-state index is 11.0. The first kappa shape index (κ1) is 15.0. The molecular weight excluding hydrogens is 346 g/mol. The monoisotopic (exact) mass is 357 g/mol. The average Bonchev–Trinajstić information content (AvgIpc) is 2.85. The summed E-state index contributed by atoms with van der Waals surface area (Å²) in [7, 11) is 0. The highest BCUT2D eigenvalue weighted by Gasteiger charge is 2.16. The summed E-state index contributed by atoms with van der Waals surface area (Å²) in [5, 5.41) is 14.9. The van der Waals surface area contributed by atoms with E-state index in [-0.39, 0.29) is 5.69 Å². The summed E-state index contributed by atoms with van der Waals surface area (Å²) in [4.78, 5) is 15.4. The van der Waals surface area contributed by atoms with Gasteiger partial charge in [-0.25, -0.2) is 0 Å². The number of hydrogen-bond acceptors (Lipinski definition) is 6. The van der Waals surface area contributed by atoms with Gasteiger partial charge in [0.1, 0.15) is 0 Å². The fourth-order valence-electron chi connectivity index (χ4n) is 1.56. The Morgan fingerprint density at radius 3 is 3.00 bits per heavy atom. The minimum atomic E-state index is -0.397. The van der Waals surface area contributed by atoms with Crippen molar-refractivity contribution in [1.82, 2.24) is 10.1 Å². The molecule has 0 bridgehead atoms. The SMILES string of the molecule is CCCc1nc(CSc2ccc(Br)cc2[N+](=O)[O-])no1. The van der Waals surface area contributed by atoms with Crippen molar-refractivity contribution in [2.24, 2.45) is 0 Å². The number of nitro benzene ring substituents is 1. The largest absolute Gasteiger partial charge is 0.339 e. The van der Waals surface area contributed by atoms with Crippen molar-refractivity contribution in [3.8, 4) is 0 Å². The predicted molar refractivity (Wildman–Crippen MR) is 78.7 cm³/mol. The van der Waals surface area contributed by atoms with E-state index in [0.29, 0.717) is 26.8 Å². The Labute approximate surface area is 128 Å². The van der Waals surface area contributed by atoms with Gasteiger partial charge in [-0.1, -0.05) is 28.0 Å². The molecule has 0 saturated carbocycles. The Kier molecular flexibility index (Phi) is 5.13. The predicted octanol–water partition coefficient (Wildman–Crippen LogP) is 3.99. The van der Waals surface area contributed by atoms with Gasteiger partial charge in [-0.2, -0.15) is 4.98 Å². The zero-order valence-electron chi connectivity index (χ0n) is 10.7. The summed E-state index contributed by atoms with van der Waals surface area (Å²) < 4.78 is 5.75. The molecular formula is C12H12BrN3O3S. The second-order valence-corrected chi connectivity index (χ2v) is 5.95. The number of thioether (sulfide) groups is 1. The lowest BCUT2D eigenvalue weighted by Crippen LogP contribution is -1.92. The van der Waals surface area contributed by atoms with E-state index >= 15 is 0 Å². The molecule has 0 radical (unpaired) electrons. The third kappa shape index (κ3) is 3.80. The van der Waals surface area contributed by atoms with Crippen LogP contribution in [0.1, 0.15) is 25.1 Å². The van der Waals surface area contributed by atoms with Crippen molar-refractivity contribution in [3.05, 3.63) is 44.5 Å². The van der Waals surface area contributed by atoms with Gasteiger partial charge in [-0.05, 0) is 18.6 Å². The second-order valence-electron chi connectivity index (χ2n) is 4.01. The van der Waals surface area contributed by atoms with Crippen LogP contribution in [0.4, 0.5) is 5.69 Å². The number of aromatic nitrogens is 2. The average molecular weight is 358 g/mol. The van der Waals surface area contributed by atoms with Crippen molar-refractivity contribution < 1.29 is 9.45 Å². The van der Waals surface area contributed by atoms with Crippen LogP contribution < -0.4 is 0 Å². The van der Waals surface area contributed by atoms with Crippen LogP contribution in [-0.4, -0.2) is 15.1 Å². The Balaban J connectivity index is 2.08. The quantitative estimate of drug-likeness (QED) is 0.441. The molecule has 0 amide bonds. The summed E-state index contributed by atoms with van der Waals surface area (Å²) in [6.07, 6.45) is 1.68. The lowest BCUT2D eigenvalue weighted by atomic mass is 10.3. The van der Waals surface area contributed by atoms with Gasteiger partial charge >= 0.3 is 0 Å². The van der Waals surface area contributed by atoms with Gasteiger partial charge in [0.2, 0.25) is 5.89 Å². The minimum absolute atomic E-state index is 0.0710. The van der Waals surface area contributed by atoms with Crippen LogP contribution in [0.3, 0.4) is 0 Å². The van der Waals surface area contributed by atoms with Gasteiger partial charge in [0, 0.05) is 17.0 Å². The fraction of sp³-hybridized carbons (Fsp3) is 0.333. The molecule has 8 heteroatoms. The zero-order chi connectivity index (χ0) is 14.5. The molecule has 0 aliphatic carbocycles. The van der Waals surface area contributed by atoms with E-state index in [1.54, 1.807) is 12.1 Å². The number of hydrogen-bond donors (Lipinski definition) is 0. The van der Waals surface area contributed by atoms with Gasteiger partial charge in [0.25, 0.3) is 5.69 Å². The molecule has 0 fully saturated rings. The number of aryl methyl sites for hydroxylation is 1. The topological polar surface area (TPSA) is 82.1 Å². The Morgan fingerprint density at radius 2 is 2.30 bits per heavy atom. The van der Waals surface area contributed by atoms with Gasteiger partial charge < -0.3 is 4.52 Å². The van der Waals surface area contributed by atoms with E-state index in [1.165, 1.54) is 17.8 Å². The summed E-state index contributed by atoms with van der Waals surface area (Å²) in [5.74, 6) is 1.60. The van der Waals surface area contributed by atoms with E-state index in [0.717, 1.165) is 12.8 Å². The molecule has 0 N–H and O–H groups in total. The highest BCUT2D eigenvalue weighted by molar-refractivity contribution is 9.10. The van der Waals surface area contributed by atoms with E-state index in [9.17, 15) is 10.1 Å². The van der Waals surface area contributed by atoms with Crippen LogP contribution >= 0.6 is 27.7 Å². The molecule has 20 heavy (non-hydrogen) atoms. The van der Waals surface area contributed by atoms with Crippen molar-refractivity contribution in [2.45, 2.75) is 30.4 Å². The van der Waals surface area contributed by atoms with Crippen LogP contribution in [0.5, 0.6) is 0 Å². The molecule has 0 atom stereocenters. The Bertz CT molecular complexity index is 618. The van der Waals surface area contributed by atoms with E-state index in [1.807, 2.05) is 6.92 Å².